The third-order valence-corrected chi connectivity index (χ3v) is 8.37. The van der Waals surface area contributed by atoms with Crippen LogP contribution >= 0.6 is 11.6 Å². The van der Waals surface area contributed by atoms with E-state index in [4.69, 9.17) is 11.6 Å². The number of benzene rings is 5. The second-order valence-electron chi connectivity index (χ2n) is 10.7. The molecule has 200 valence electrons. The van der Waals surface area contributed by atoms with E-state index in [2.05, 4.69) is 94.7 Å². The third-order valence-electron chi connectivity index (χ3n) is 7.93. The Hall–Kier alpha value is -3.92. The molecule has 4 heteroatoms. The molecule has 1 fully saturated rings. The summed E-state index contributed by atoms with van der Waals surface area (Å²) in [6.07, 6.45) is 1.25. The average molecular weight is 545 g/mol. The predicted molar refractivity (Wildman–Crippen MR) is 165 cm³/mol. The zero-order chi connectivity index (χ0) is 27.3. The van der Waals surface area contributed by atoms with Crippen molar-refractivity contribution in [1.29, 1.82) is 0 Å². The molecule has 1 aliphatic heterocycles. The summed E-state index contributed by atoms with van der Waals surface area (Å²) in [6.45, 7) is 3.10. The maximum absolute atomic E-state index is 13.7. The number of carbonyl (C=O) groups is 1. The number of nitrogens with zero attached hydrogens (tertiary/aromatic N) is 2. The van der Waals surface area contributed by atoms with Gasteiger partial charge in [-0.2, -0.15) is 0 Å². The first-order chi connectivity index (χ1) is 19.6. The summed E-state index contributed by atoms with van der Waals surface area (Å²) in [4.78, 5) is 18.3. The van der Waals surface area contributed by atoms with Crippen molar-refractivity contribution in [2.24, 2.45) is 0 Å². The molecule has 1 atom stereocenters. The highest BCUT2D eigenvalue weighted by atomic mass is 35.5. The quantitative estimate of drug-likeness (QED) is 0.210. The highest BCUT2D eigenvalue weighted by Gasteiger charge is 2.31. The van der Waals surface area contributed by atoms with E-state index in [9.17, 15) is 4.79 Å². The van der Waals surface area contributed by atoms with Gasteiger partial charge in [0, 0.05) is 37.8 Å². The second kappa shape index (κ2) is 12.1. The van der Waals surface area contributed by atoms with Crippen molar-refractivity contribution in [3.05, 3.63) is 143 Å². The van der Waals surface area contributed by atoms with Crippen molar-refractivity contribution in [1.82, 2.24) is 9.80 Å². The molecule has 0 aromatic heterocycles. The molecule has 0 aliphatic carbocycles. The Labute approximate surface area is 241 Å². The van der Waals surface area contributed by atoms with Crippen LogP contribution in [-0.4, -0.2) is 41.4 Å². The van der Waals surface area contributed by atoms with Crippen molar-refractivity contribution >= 4 is 28.3 Å². The van der Waals surface area contributed by atoms with E-state index in [0.29, 0.717) is 13.0 Å². The summed E-state index contributed by atoms with van der Waals surface area (Å²) in [5.74, 6) is 0.194. The first kappa shape index (κ1) is 26.3. The third kappa shape index (κ3) is 5.96. The average Bonchev–Trinajstić information content (AvgIpc) is 2.99. The minimum Gasteiger partial charge on any atom is -0.337 e. The van der Waals surface area contributed by atoms with Gasteiger partial charge in [-0.05, 0) is 39.4 Å². The SMILES string of the molecule is O=C(Cc1ccc2ccccc2c1)N1CCN(Cc2cccc(-c3ccccc3)c2Cl)CC1Cc1ccccc1. The Kier molecular flexibility index (Phi) is 7.94. The Morgan fingerprint density at radius 3 is 2.25 bits per heavy atom. The van der Waals surface area contributed by atoms with E-state index in [-0.39, 0.29) is 11.9 Å². The van der Waals surface area contributed by atoms with Crippen molar-refractivity contribution in [3.63, 3.8) is 0 Å². The lowest BCUT2D eigenvalue weighted by Crippen LogP contribution is -2.56. The number of hydrogen-bond donors (Lipinski definition) is 0. The van der Waals surface area contributed by atoms with Crippen LogP contribution in [0.1, 0.15) is 16.7 Å². The molecule has 0 bridgehead atoms. The predicted octanol–water partition coefficient (Wildman–Crippen LogP) is 7.66. The molecular formula is C36H33ClN2O. The summed E-state index contributed by atoms with van der Waals surface area (Å²) >= 11 is 6.95. The number of rotatable bonds is 7. The highest BCUT2D eigenvalue weighted by molar-refractivity contribution is 6.34. The molecule has 0 saturated carbocycles. The van der Waals surface area contributed by atoms with Crippen LogP contribution < -0.4 is 0 Å². The smallest absolute Gasteiger partial charge is 0.227 e. The summed E-state index contributed by atoms with van der Waals surface area (Å²) in [6, 6.07) is 41.9. The van der Waals surface area contributed by atoms with Gasteiger partial charge in [-0.15, -0.1) is 0 Å². The molecule has 0 radical (unpaired) electrons. The van der Waals surface area contributed by atoms with Gasteiger partial charge in [-0.3, -0.25) is 9.69 Å². The lowest BCUT2D eigenvalue weighted by Gasteiger charge is -2.42. The standard InChI is InChI=1S/C36H33ClN2O/c37-36-32(16-9-17-34(36)30-13-5-2-6-14-30)25-38-20-21-39(33(26-38)23-27-10-3-1-4-11-27)35(40)24-28-18-19-29-12-7-8-15-31(29)22-28/h1-19,22,33H,20-21,23-26H2. The van der Waals surface area contributed by atoms with Crippen LogP contribution in [0.2, 0.25) is 5.02 Å². The van der Waals surface area contributed by atoms with Crippen LogP contribution in [0, 0.1) is 0 Å². The maximum Gasteiger partial charge on any atom is 0.227 e. The number of fused-ring (bicyclic) bond motifs is 1. The fraction of sp³-hybridized carbons (Fsp3) is 0.194. The minimum atomic E-state index is 0.0974. The van der Waals surface area contributed by atoms with E-state index in [1.165, 1.54) is 16.3 Å². The summed E-state index contributed by atoms with van der Waals surface area (Å²) in [5, 5.41) is 3.18. The molecule has 1 saturated heterocycles. The van der Waals surface area contributed by atoms with Crippen molar-refractivity contribution in [3.8, 4) is 11.1 Å². The molecular weight excluding hydrogens is 512 g/mol. The van der Waals surface area contributed by atoms with Gasteiger partial charge in [0.25, 0.3) is 0 Å². The first-order valence-corrected chi connectivity index (χ1v) is 14.4. The maximum atomic E-state index is 13.7. The number of piperazine rings is 1. The molecule has 40 heavy (non-hydrogen) atoms. The van der Waals surface area contributed by atoms with E-state index < -0.39 is 0 Å². The number of halogens is 1. The topological polar surface area (TPSA) is 23.6 Å². The molecule has 5 aromatic carbocycles. The van der Waals surface area contributed by atoms with Gasteiger partial charge in [0.1, 0.15) is 0 Å². The zero-order valence-corrected chi connectivity index (χ0v) is 23.3. The fourth-order valence-corrected chi connectivity index (χ4v) is 6.16. The summed E-state index contributed by atoms with van der Waals surface area (Å²) < 4.78 is 0. The van der Waals surface area contributed by atoms with Crippen LogP contribution in [-0.2, 0) is 24.2 Å². The van der Waals surface area contributed by atoms with E-state index in [1.807, 2.05) is 36.4 Å². The molecule has 5 aromatic rings. The second-order valence-corrected chi connectivity index (χ2v) is 11.0. The molecule has 1 unspecified atom stereocenters. The van der Waals surface area contributed by atoms with Crippen LogP contribution in [0.25, 0.3) is 21.9 Å². The van der Waals surface area contributed by atoms with Crippen LogP contribution in [0.4, 0.5) is 0 Å². The Bertz CT molecular complexity index is 1600. The van der Waals surface area contributed by atoms with Gasteiger partial charge < -0.3 is 4.90 Å². The minimum absolute atomic E-state index is 0.0974. The monoisotopic (exact) mass is 544 g/mol. The van der Waals surface area contributed by atoms with Gasteiger partial charge in [0.2, 0.25) is 5.91 Å². The van der Waals surface area contributed by atoms with Gasteiger partial charge >= 0.3 is 0 Å². The van der Waals surface area contributed by atoms with Crippen LogP contribution in [0.5, 0.6) is 0 Å². The largest absolute Gasteiger partial charge is 0.337 e. The normalized spacial score (nSPS) is 15.8. The molecule has 1 heterocycles. The van der Waals surface area contributed by atoms with Gasteiger partial charge in [0.05, 0.1) is 11.4 Å². The van der Waals surface area contributed by atoms with Crippen molar-refractivity contribution < 1.29 is 4.79 Å². The van der Waals surface area contributed by atoms with E-state index in [1.54, 1.807) is 0 Å². The number of carbonyl (C=O) groups excluding carboxylic acids is 1. The number of amides is 1. The van der Waals surface area contributed by atoms with Gasteiger partial charge in [-0.25, -0.2) is 0 Å². The van der Waals surface area contributed by atoms with Gasteiger partial charge in [0.15, 0.2) is 0 Å². The molecule has 3 nitrogen and oxygen atoms in total. The van der Waals surface area contributed by atoms with E-state index >= 15 is 0 Å². The summed E-state index contributed by atoms with van der Waals surface area (Å²) in [5.41, 5.74) is 5.62. The highest BCUT2D eigenvalue weighted by Crippen LogP contribution is 2.32. The van der Waals surface area contributed by atoms with E-state index in [0.717, 1.165) is 53.3 Å². The molecule has 6 rings (SSSR count). The fourth-order valence-electron chi connectivity index (χ4n) is 5.86. The zero-order valence-electron chi connectivity index (χ0n) is 22.5. The molecule has 0 spiro atoms. The van der Waals surface area contributed by atoms with Gasteiger partial charge in [-0.1, -0.05) is 133 Å². The Morgan fingerprint density at radius 2 is 1.45 bits per heavy atom. The molecule has 1 amide bonds. The lowest BCUT2D eigenvalue weighted by atomic mass is 9.99. The Morgan fingerprint density at radius 1 is 0.725 bits per heavy atom. The van der Waals surface area contributed by atoms with Crippen LogP contribution in [0.15, 0.2) is 121 Å². The van der Waals surface area contributed by atoms with Crippen molar-refractivity contribution in [2.45, 2.75) is 25.4 Å². The molecule has 1 aliphatic rings. The Balaban J connectivity index is 1.21. The molecule has 0 N–H and O–H groups in total. The van der Waals surface area contributed by atoms with Crippen LogP contribution in [0.3, 0.4) is 0 Å². The lowest BCUT2D eigenvalue weighted by molar-refractivity contribution is -0.135. The first-order valence-electron chi connectivity index (χ1n) is 14.0. The van der Waals surface area contributed by atoms with Crippen molar-refractivity contribution in [2.75, 3.05) is 19.6 Å². The summed E-state index contributed by atoms with van der Waals surface area (Å²) in [7, 11) is 0. The number of hydrogen-bond acceptors (Lipinski definition) is 2.